The van der Waals surface area contributed by atoms with Crippen molar-refractivity contribution in [2.45, 2.75) is 62.3 Å². The van der Waals surface area contributed by atoms with Crippen LogP contribution in [-0.4, -0.2) is 44.2 Å². The van der Waals surface area contributed by atoms with E-state index in [4.69, 9.17) is 0 Å². The number of rotatable bonds is 4. The highest BCUT2D eigenvalue weighted by atomic mass is 32.2. The number of benzene rings is 1. The van der Waals surface area contributed by atoms with E-state index >= 15 is 0 Å². The maximum atomic E-state index is 12.5. The average Bonchev–Trinajstić information content (AvgIpc) is 3.07. The Hall–Kier alpha value is -1.11. The zero-order valence-electron chi connectivity index (χ0n) is 14.8. The van der Waals surface area contributed by atoms with Crippen molar-refractivity contribution in [3.63, 3.8) is 0 Å². The first-order valence-corrected chi connectivity index (χ1v) is 11.3. The van der Waals surface area contributed by atoms with E-state index in [0.29, 0.717) is 18.3 Å². The first-order valence-electron chi connectivity index (χ1n) is 9.71. The van der Waals surface area contributed by atoms with Gasteiger partial charge < -0.3 is 5.32 Å². The van der Waals surface area contributed by atoms with Gasteiger partial charge in [0, 0.05) is 24.3 Å². The quantitative estimate of drug-likeness (QED) is 0.863. The van der Waals surface area contributed by atoms with Gasteiger partial charge in [-0.25, -0.2) is 8.42 Å². The van der Waals surface area contributed by atoms with Crippen LogP contribution in [0.1, 0.15) is 56.6 Å². The van der Waals surface area contributed by atoms with Crippen LogP contribution in [-0.2, 0) is 10.0 Å². The van der Waals surface area contributed by atoms with E-state index in [2.05, 4.69) is 27.1 Å². The number of anilines is 1. The van der Waals surface area contributed by atoms with Crippen molar-refractivity contribution in [3.8, 4) is 0 Å². The summed E-state index contributed by atoms with van der Waals surface area (Å²) in [6.07, 6.45) is 8.19. The topological polar surface area (TPSA) is 61.4 Å². The number of sulfonamides is 1. The van der Waals surface area contributed by atoms with Crippen molar-refractivity contribution in [2.24, 2.45) is 0 Å². The van der Waals surface area contributed by atoms with Gasteiger partial charge in [-0.1, -0.05) is 18.6 Å². The molecule has 3 heterocycles. The molecule has 0 aliphatic carbocycles. The number of hydrogen-bond donors (Lipinski definition) is 2. The predicted octanol–water partition coefficient (Wildman–Crippen LogP) is 2.87. The molecular formula is C19H29N3O2S. The van der Waals surface area contributed by atoms with Crippen molar-refractivity contribution in [1.29, 1.82) is 0 Å². The molecule has 25 heavy (non-hydrogen) atoms. The van der Waals surface area contributed by atoms with Gasteiger partial charge in [-0.05, 0) is 69.3 Å². The summed E-state index contributed by atoms with van der Waals surface area (Å²) < 4.78 is 27.8. The van der Waals surface area contributed by atoms with Crippen molar-refractivity contribution >= 4 is 15.7 Å². The largest absolute Gasteiger partial charge is 0.315 e. The maximum absolute atomic E-state index is 12.5. The molecule has 3 fully saturated rings. The van der Waals surface area contributed by atoms with Crippen LogP contribution < -0.4 is 10.0 Å². The number of nitrogens with zero attached hydrogens (tertiary/aromatic N) is 1. The summed E-state index contributed by atoms with van der Waals surface area (Å²) in [5, 5.41) is 2.85. The predicted molar refractivity (Wildman–Crippen MR) is 101 cm³/mol. The lowest BCUT2D eigenvalue weighted by atomic mass is 10.0. The fraction of sp³-hybridized carbons (Fsp3) is 0.684. The highest BCUT2D eigenvalue weighted by Gasteiger charge is 2.35. The van der Waals surface area contributed by atoms with Crippen LogP contribution in [0.25, 0.3) is 0 Å². The second-order valence-electron chi connectivity index (χ2n) is 7.72. The summed E-state index contributed by atoms with van der Waals surface area (Å²) in [6.45, 7) is 2.67. The van der Waals surface area contributed by atoms with Gasteiger partial charge in [0.1, 0.15) is 0 Å². The molecule has 0 spiro atoms. The molecule has 4 rings (SSSR count). The molecule has 0 saturated carbocycles. The molecule has 138 valence electrons. The summed E-state index contributed by atoms with van der Waals surface area (Å²) in [4.78, 5) is 2.66. The van der Waals surface area contributed by atoms with Gasteiger partial charge in [0.2, 0.25) is 10.0 Å². The second-order valence-corrected chi connectivity index (χ2v) is 9.68. The average molecular weight is 364 g/mol. The molecule has 2 unspecified atom stereocenters. The smallest absolute Gasteiger partial charge is 0.236 e. The van der Waals surface area contributed by atoms with Gasteiger partial charge in [-0.2, -0.15) is 0 Å². The molecule has 6 heteroatoms. The SMILES string of the molecule is O=S(=O)(Nc1ccc(C2CCC3CCCCN32)cc1)[C@H]1CCCNC1. The first kappa shape index (κ1) is 17.3. The molecule has 5 nitrogen and oxygen atoms in total. The lowest BCUT2D eigenvalue weighted by Gasteiger charge is -2.34. The highest BCUT2D eigenvalue weighted by molar-refractivity contribution is 7.93. The summed E-state index contributed by atoms with van der Waals surface area (Å²) in [6, 6.07) is 9.35. The van der Waals surface area contributed by atoms with Gasteiger partial charge in [0.25, 0.3) is 0 Å². The summed E-state index contributed by atoms with van der Waals surface area (Å²) in [7, 11) is -3.31. The van der Waals surface area contributed by atoms with Gasteiger partial charge in [-0.3, -0.25) is 9.62 Å². The van der Waals surface area contributed by atoms with E-state index in [1.165, 1.54) is 44.2 Å². The third kappa shape index (κ3) is 3.71. The van der Waals surface area contributed by atoms with Crippen LogP contribution in [0, 0.1) is 0 Å². The Balaban J connectivity index is 1.43. The molecule has 1 aromatic rings. The fourth-order valence-electron chi connectivity index (χ4n) is 4.72. The van der Waals surface area contributed by atoms with Crippen LogP contribution in [0.5, 0.6) is 0 Å². The second kappa shape index (κ2) is 7.25. The Morgan fingerprint density at radius 3 is 2.60 bits per heavy atom. The molecule has 0 aromatic heterocycles. The summed E-state index contributed by atoms with van der Waals surface area (Å²) in [5.74, 6) is 0. The first-order chi connectivity index (χ1) is 12.1. The van der Waals surface area contributed by atoms with E-state index in [0.717, 1.165) is 25.4 Å². The molecule has 1 aromatic carbocycles. The minimum Gasteiger partial charge on any atom is -0.315 e. The number of piperidine rings is 2. The Labute approximate surface area is 151 Å². The molecule has 0 bridgehead atoms. The zero-order valence-corrected chi connectivity index (χ0v) is 15.6. The molecular weight excluding hydrogens is 334 g/mol. The Kier molecular flexibility index (Phi) is 5.02. The molecule has 3 aliphatic heterocycles. The van der Waals surface area contributed by atoms with Crippen LogP contribution in [0.2, 0.25) is 0 Å². The van der Waals surface area contributed by atoms with Gasteiger partial charge in [0.05, 0.1) is 5.25 Å². The Bertz CT molecular complexity index is 683. The van der Waals surface area contributed by atoms with Gasteiger partial charge >= 0.3 is 0 Å². The minimum absolute atomic E-state index is 0.329. The minimum atomic E-state index is -3.31. The highest BCUT2D eigenvalue weighted by Crippen LogP contribution is 2.40. The van der Waals surface area contributed by atoms with Crippen LogP contribution in [0.15, 0.2) is 24.3 Å². The number of hydrogen-bond acceptors (Lipinski definition) is 4. The summed E-state index contributed by atoms with van der Waals surface area (Å²) in [5.41, 5.74) is 2.01. The van der Waals surface area contributed by atoms with Crippen molar-refractivity contribution in [2.75, 3.05) is 24.4 Å². The standard InChI is InChI=1S/C19H29N3O2S/c23-25(24,18-5-3-12-20-14-18)21-16-8-6-15(7-9-16)19-11-10-17-4-1-2-13-22(17)19/h6-9,17-21H,1-5,10-14H2/t17?,18-,19?/m0/s1. The third-order valence-electron chi connectivity index (χ3n) is 6.09. The Morgan fingerprint density at radius 1 is 1.00 bits per heavy atom. The number of fused-ring (bicyclic) bond motifs is 1. The molecule has 2 N–H and O–H groups in total. The Morgan fingerprint density at radius 2 is 1.84 bits per heavy atom. The molecule has 3 saturated heterocycles. The molecule has 3 atom stereocenters. The monoisotopic (exact) mass is 363 g/mol. The van der Waals surface area contributed by atoms with Crippen molar-refractivity contribution in [3.05, 3.63) is 29.8 Å². The van der Waals surface area contributed by atoms with Crippen LogP contribution >= 0.6 is 0 Å². The van der Waals surface area contributed by atoms with Crippen molar-refractivity contribution < 1.29 is 8.42 Å². The molecule has 3 aliphatic rings. The van der Waals surface area contributed by atoms with E-state index in [9.17, 15) is 8.42 Å². The normalized spacial score (nSPS) is 30.8. The van der Waals surface area contributed by atoms with Crippen LogP contribution in [0.4, 0.5) is 5.69 Å². The van der Waals surface area contributed by atoms with E-state index in [1.54, 1.807) is 0 Å². The van der Waals surface area contributed by atoms with E-state index < -0.39 is 10.0 Å². The van der Waals surface area contributed by atoms with Crippen LogP contribution in [0.3, 0.4) is 0 Å². The summed E-state index contributed by atoms with van der Waals surface area (Å²) >= 11 is 0. The fourth-order valence-corrected chi connectivity index (χ4v) is 6.17. The zero-order chi connectivity index (χ0) is 17.3. The number of nitrogens with one attached hydrogen (secondary N) is 2. The van der Waals surface area contributed by atoms with Crippen molar-refractivity contribution in [1.82, 2.24) is 10.2 Å². The van der Waals surface area contributed by atoms with Gasteiger partial charge in [-0.15, -0.1) is 0 Å². The lowest BCUT2D eigenvalue weighted by molar-refractivity contribution is 0.150. The maximum Gasteiger partial charge on any atom is 0.236 e. The molecule has 0 radical (unpaired) electrons. The van der Waals surface area contributed by atoms with Gasteiger partial charge in [0.15, 0.2) is 0 Å². The molecule has 0 amide bonds. The third-order valence-corrected chi connectivity index (χ3v) is 7.89. The lowest BCUT2D eigenvalue weighted by Crippen LogP contribution is -2.41. The van der Waals surface area contributed by atoms with E-state index in [-0.39, 0.29) is 5.25 Å². The van der Waals surface area contributed by atoms with E-state index in [1.807, 2.05) is 12.1 Å².